The zero-order valence-electron chi connectivity index (χ0n) is 13.6. The van der Waals surface area contributed by atoms with Gasteiger partial charge in [0.2, 0.25) is 0 Å². The maximum atomic E-state index is 5.52. The number of hydrogen-bond donors (Lipinski definition) is 0. The van der Waals surface area contributed by atoms with Crippen LogP contribution in [0.5, 0.6) is 0 Å². The molecule has 3 aromatic heterocycles. The van der Waals surface area contributed by atoms with Gasteiger partial charge in [-0.3, -0.25) is 0 Å². The van der Waals surface area contributed by atoms with Crippen molar-refractivity contribution < 1.29 is 4.74 Å². The van der Waals surface area contributed by atoms with Crippen LogP contribution in [0.1, 0.15) is 30.9 Å². The van der Waals surface area contributed by atoms with Gasteiger partial charge in [-0.1, -0.05) is 6.92 Å². The Morgan fingerprint density at radius 2 is 2.12 bits per heavy atom. The Kier molecular flexibility index (Phi) is 4.07. The van der Waals surface area contributed by atoms with Crippen LogP contribution in [0.3, 0.4) is 0 Å². The van der Waals surface area contributed by atoms with Crippen molar-refractivity contribution in [2.75, 3.05) is 13.2 Å². The second kappa shape index (κ2) is 6.37. The van der Waals surface area contributed by atoms with Crippen LogP contribution in [-0.4, -0.2) is 42.9 Å². The van der Waals surface area contributed by atoms with E-state index < -0.39 is 0 Å². The van der Waals surface area contributed by atoms with Crippen molar-refractivity contribution in [2.24, 2.45) is 0 Å². The molecule has 124 valence electrons. The maximum absolute atomic E-state index is 5.52. The van der Waals surface area contributed by atoms with Gasteiger partial charge in [-0.15, -0.1) is 11.3 Å². The van der Waals surface area contributed by atoms with E-state index in [-0.39, 0.29) is 6.04 Å². The largest absolute Gasteiger partial charge is 0.379 e. The molecule has 8 heteroatoms. The highest BCUT2D eigenvalue weighted by molar-refractivity contribution is 7.18. The van der Waals surface area contributed by atoms with E-state index in [1.807, 2.05) is 11.6 Å². The first-order valence-corrected chi connectivity index (χ1v) is 8.86. The van der Waals surface area contributed by atoms with E-state index in [9.17, 15) is 0 Å². The molecule has 0 saturated carbocycles. The Morgan fingerprint density at radius 3 is 2.83 bits per heavy atom. The molecule has 0 radical (unpaired) electrons. The fourth-order valence-corrected chi connectivity index (χ4v) is 3.91. The van der Waals surface area contributed by atoms with Gasteiger partial charge in [0.1, 0.15) is 5.82 Å². The highest BCUT2D eigenvalue weighted by Gasteiger charge is 2.26. The van der Waals surface area contributed by atoms with E-state index in [2.05, 4.69) is 27.0 Å². The monoisotopic (exact) mass is 342 g/mol. The Labute approximate surface area is 143 Å². The molecule has 4 heterocycles. The molecule has 7 nitrogen and oxygen atoms in total. The summed E-state index contributed by atoms with van der Waals surface area (Å²) < 4.78 is 7.53. The van der Waals surface area contributed by atoms with Gasteiger partial charge >= 0.3 is 0 Å². The minimum Gasteiger partial charge on any atom is -0.379 e. The van der Waals surface area contributed by atoms with Crippen LogP contribution in [0.4, 0.5) is 0 Å². The molecule has 0 aromatic carbocycles. The zero-order valence-corrected chi connectivity index (χ0v) is 14.5. The summed E-state index contributed by atoms with van der Waals surface area (Å²) in [5.41, 5.74) is 1.01. The van der Waals surface area contributed by atoms with Crippen LogP contribution < -0.4 is 0 Å². The van der Waals surface area contributed by atoms with E-state index in [1.54, 1.807) is 29.8 Å². The quantitative estimate of drug-likeness (QED) is 0.725. The van der Waals surface area contributed by atoms with Gasteiger partial charge in [0.15, 0.2) is 16.7 Å². The number of ether oxygens (including phenoxy) is 1. The highest BCUT2D eigenvalue weighted by Crippen LogP contribution is 2.35. The third kappa shape index (κ3) is 2.71. The molecule has 0 amide bonds. The number of nitrogens with zero attached hydrogens (tertiary/aromatic N) is 6. The zero-order chi connectivity index (χ0) is 16.5. The number of aryl methyl sites for hydroxylation is 2. The maximum Gasteiger partial charge on any atom is 0.188 e. The van der Waals surface area contributed by atoms with Gasteiger partial charge in [-0.25, -0.2) is 24.6 Å². The van der Waals surface area contributed by atoms with Crippen molar-refractivity contribution in [3.8, 4) is 21.5 Å². The predicted octanol–water partition coefficient (Wildman–Crippen LogP) is 2.69. The topological polar surface area (TPSA) is 78.6 Å². The van der Waals surface area contributed by atoms with Crippen molar-refractivity contribution in [3.63, 3.8) is 0 Å². The number of thiazole rings is 1. The third-order valence-electron chi connectivity index (χ3n) is 3.98. The summed E-state index contributed by atoms with van der Waals surface area (Å²) in [6.07, 6.45) is 5.26. The molecule has 4 rings (SSSR count). The summed E-state index contributed by atoms with van der Waals surface area (Å²) in [4.78, 5) is 19.1. The molecule has 1 aliphatic heterocycles. The second-order valence-corrected chi connectivity index (χ2v) is 6.66. The molecule has 1 fully saturated rings. The summed E-state index contributed by atoms with van der Waals surface area (Å²) in [6, 6.07) is 2.04. The first kappa shape index (κ1) is 15.3. The Bertz CT molecular complexity index is 838. The summed E-state index contributed by atoms with van der Waals surface area (Å²) in [7, 11) is 0. The Balaban J connectivity index is 1.81. The number of rotatable bonds is 4. The molecular weight excluding hydrogens is 324 g/mol. The summed E-state index contributed by atoms with van der Waals surface area (Å²) in [6.45, 7) is 5.48. The first-order chi connectivity index (χ1) is 11.8. The van der Waals surface area contributed by atoms with Gasteiger partial charge in [0, 0.05) is 19.0 Å². The predicted molar refractivity (Wildman–Crippen MR) is 90.7 cm³/mol. The summed E-state index contributed by atoms with van der Waals surface area (Å²) >= 11 is 1.58. The molecule has 1 saturated heterocycles. The van der Waals surface area contributed by atoms with Crippen molar-refractivity contribution in [2.45, 2.75) is 32.7 Å². The van der Waals surface area contributed by atoms with Crippen molar-refractivity contribution in [1.29, 1.82) is 0 Å². The lowest BCUT2D eigenvalue weighted by molar-refractivity contribution is 0.184. The van der Waals surface area contributed by atoms with Crippen molar-refractivity contribution in [3.05, 3.63) is 30.0 Å². The second-order valence-electron chi connectivity index (χ2n) is 5.67. The molecular formula is C16H18N6OS. The molecule has 1 aliphatic rings. The van der Waals surface area contributed by atoms with Crippen LogP contribution in [0.25, 0.3) is 21.5 Å². The van der Waals surface area contributed by atoms with Crippen LogP contribution in [0, 0.1) is 6.92 Å². The molecule has 0 N–H and O–H groups in total. The Hall–Kier alpha value is -2.19. The highest BCUT2D eigenvalue weighted by atomic mass is 32.1. The smallest absolute Gasteiger partial charge is 0.188 e. The fourth-order valence-electron chi connectivity index (χ4n) is 2.83. The molecule has 1 atom stereocenters. The van der Waals surface area contributed by atoms with Gasteiger partial charge in [0.05, 0.1) is 23.2 Å². The first-order valence-electron chi connectivity index (χ1n) is 8.04. The Morgan fingerprint density at radius 1 is 1.29 bits per heavy atom. The number of hydrogen-bond acceptors (Lipinski definition) is 7. The van der Waals surface area contributed by atoms with Gasteiger partial charge < -0.3 is 4.74 Å². The van der Waals surface area contributed by atoms with E-state index in [0.29, 0.717) is 12.4 Å². The number of aromatic nitrogens is 6. The van der Waals surface area contributed by atoms with Gasteiger partial charge in [0.25, 0.3) is 0 Å². The fraction of sp³-hybridized carbons (Fsp3) is 0.438. The molecule has 24 heavy (non-hydrogen) atoms. The molecule has 1 unspecified atom stereocenters. The van der Waals surface area contributed by atoms with Gasteiger partial charge in [-0.2, -0.15) is 5.10 Å². The minimum absolute atomic E-state index is 0.240. The lowest BCUT2D eigenvalue weighted by Gasteiger charge is -2.10. The van der Waals surface area contributed by atoms with E-state index in [4.69, 9.17) is 9.72 Å². The molecule has 0 spiro atoms. The molecule has 0 aliphatic carbocycles. The van der Waals surface area contributed by atoms with Crippen molar-refractivity contribution in [1.82, 2.24) is 29.7 Å². The average molecular weight is 342 g/mol. The summed E-state index contributed by atoms with van der Waals surface area (Å²) in [5.74, 6) is 2.29. The van der Waals surface area contributed by atoms with Crippen LogP contribution in [0.2, 0.25) is 0 Å². The normalized spacial score (nSPS) is 17.5. The van der Waals surface area contributed by atoms with E-state index in [1.165, 1.54) is 0 Å². The average Bonchev–Trinajstić information content (AvgIpc) is 3.34. The van der Waals surface area contributed by atoms with Crippen LogP contribution >= 0.6 is 11.3 Å². The third-order valence-corrected chi connectivity index (χ3v) is 5.07. The lowest BCUT2D eigenvalue weighted by atomic mass is 10.2. The van der Waals surface area contributed by atoms with Crippen LogP contribution in [0.15, 0.2) is 18.5 Å². The molecule has 3 aromatic rings. The van der Waals surface area contributed by atoms with E-state index in [0.717, 1.165) is 46.7 Å². The van der Waals surface area contributed by atoms with Crippen LogP contribution in [-0.2, 0) is 11.2 Å². The van der Waals surface area contributed by atoms with E-state index >= 15 is 0 Å². The summed E-state index contributed by atoms with van der Waals surface area (Å²) in [5, 5.41) is 5.42. The standard InChI is InChI=1S/C16H18N6OS/c1-3-12-13(24-16(20-12)14-17-6-4-7-18-14)15-19-10(2)21-22(15)11-5-8-23-9-11/h4,6-7,11H,3,5,8-9H2,1-2H3. The molecule has 0 bridgehead atoms. The van der Waals surface area contributed by atoms with Crippen molar-refractivity contribution >= 4 is 11.3 Å². The SMILES string of the molecule is CCc1nc(-c2ncccn2)sc1-c1nc(C)nn1C1CCOC1. The van der Waals surface area contributed by atoms with Gasteiger partial charge in [-0.05, 0) is 25.8 Å². The minimum atomic E-state index is 0.240. The lowest BCUT2D eigenvalue weighted by Crippen LogP contribution is -2.12.